The van der Waals surface area contributed by atoms with Crippen LogP contribution in [0.3, 0.4) is 0 Å². The predicted molar refractivity (Wildman–Crippen MR) is 36.4 cm³/mol. The van der Waals surface area contributed by atoms with E-state index in [1.165, 1.54) is 0 Å². The van der Waals surface area contributed by atoms with Crippen LogP contribution in [0.15, 0.2) is 22.9 Å². The van der Waals surface area contributed by atoms with Crippen molar-refractivity contribution in [3.05, 3.63) is 35.4 Å². The molecular formula is C6H5BrN. The Morgan fingerprint density at radius 2 is 2.38 bits per heavy atom. The summed E-state index contributed by atoms with van der Waals surface area (Å²) in [6, 6.07) is 1.86. The second-order valence-electron chi connectivity index (χ2n) is 1.47. The van der Waals surface area contributed by atoms with Crippen molar-refractivity contribution in [2.75, 3.05) is 0 Å². The van der Waals surface area contributed by atoms with Gasteiger partial charge in [-0.3, -0.25) is 4.98 Å². The fraction of sp³-hybridized carbons (Fsp3) is 0. The minimum atomic E-state index is 0.924. The molecule has 0 aliphatic carbocycles. The van der Waals surface area contributed by atoms with Gasteiger partial charge in [0, 0.05) is 16.9 Å². The second-order valence-corrected chi connectivity index (χ2v) is 2.32. The summed E-state index contributed by atoms with van der Waals surface area (Å²) in [7, 11) is 0. The number of halogens is 1. The van der Waals surface area contributed by atoms with Crippen molar-refractivity contribution < 1.29 is 0 Å². The van der Waals surface area contributed by atoms with Gasteiger partial charge in [0.25, 0.3) is 0 Å². The highest BCUT2D eigenvalue weighted by Crippen LogP contribution is 2.11. The molecule has 0 fully saturated rings. The third kappa shape index (κ3) is 1.07. The first-order valence-corrected chi connectivity index (χ1v) is 3.01. The van der Waals surface area contributed by atoms with Gasteiger partial charge in [-0.1, -0.05) is 15.9 Å². The van der Waals surface area contributed by atoms with E-state index in [9.17, 15) is 0 Å². The van der Waals surface area contributed by atoms with Crippen molar-refractivity contribution in [1.82, 2.24) is 4.98 Å². The van der Waals surface area contributed by atoms with E-state index in [-0.39, 0.29) is 0 Å². The first kappa shape index (κ1) is 5.76. The normalized spacial score (nSPS) is 9.25. The Bertz CT molecular complexity index is 165. The minimum absolute atomic E-state index is 0.924. The maximum absolute atomic E-state index is 3.85. The molecule has 1 heterocycles. The Balaban J connectivity index is 3.13. The topological polar surface area (TPSA) is 12.9 Å². The predicted octanol–water partition coefficient (Wildman–Crippen LogP) is 2.03. The summed E-state index contributed by atoms with van der Waals surface area (Å²) < 4.78 is 1.01. The van der Waals surface area contributed by atoms with Crippen LogP contribution in [0.25, 0.3) is 0 Å². The van der Waals surface area contributed by atoms with Gasteiger partial charge < -0.3 is 0 Å². The van der Waals surface area contributed by atoms with Gasteiger partial charge in [-0.25, -0.2) is 0 Å². The SMILES string of the molecule is [CH2]c1cnccc1Br. The molecule has 0 aromatic carbocycles. The van der Waals surface area contributed by atoms with Gasteiger partial charge >= 0.3 is 0 Å². The third-order valence-corrected chi connectivity index (χ3v) is 1.62. The number of aromatic nitrogens is 1. The number of pyridine rings is 1. The molecule has 1 rings (SSSR count). The summed E-state index contributed by atoms with van der Waals surface area (Å²) in [6.45, 7) is 3.71. The summed E-state index contributed by atoms with van der Waals surface area (Å²) in [5, 5.41) is 0. The zero-order valence-corrected chi connectivity index (χ0v) is 5.85. The molecule has 0 aliphatic heterocycles. The first-order chi connectivity index (χ1) is 3.80. The number of hydrogen-bond acceptors (Lipinski definition) is 1. The van der Waals surface area contributed by atoms with Crippen molar-refractivity contribution in [2.24, 2.45) is 0 Å². The van der Waals surface area contributed by atoms with E-state index in [2.05, 4.69) is 27.8 Å². The zero-order valence-electron chi connectivity index (χ0n) is 4.26. The molecule has 0 spiro atoms. The van der Waals surface area contributed by atoms with Crippen LogP contribution in [0, 0.1) is 6.92 Å². The molecule has 2 heteroatoms. The molecule has 0 atom stereocenters. The number of hydrogen-bond donors (Lipinski definition) is 0. The van der Waals surface area contributed by atoms with Crippen LogP contribution >= 0.6 is 15.9 Å². The second kappa shape index (κ2) is 2.27. The van der Waals surface area contributed by atoms with E-state index in [4.69, 9.17) is 0 Å². The zero-order chi connectivity index (χ0) is 5.98. The molecule has 0 unspecified atom stereocenters. The molecule has 8 heavy (non-hydrogen) atoms. The maximum Gasteiger partial charge on any atom is 0.0311 e. The molecular weight excluding hydrogens is 166 g/mol. The van der Waals surface area contributed by atoms with Crippen molar-refractivity contribution in [3.63, 3.8) is 0 Å². The largest absolute Gasteiger partial charge is 0.264 e. The molecule has 0 saturated heterocycles. The van der Waals surface area contributed by atoms with Crippen LogP contribution in [-0.2, 0) is 0 Å². The van der Waals surface area contributed by atoms with Crippen LogP contribution in [0.1, 0.15) is 5.56 Å². The summed E-state index contributed by atoms with van der Waals surface area (Å²) in [4.78, 5) is 3.85. The lowest BCUT2D eigenvalue weighted by molar-refractivity contribution is 1.29. The van der Waals surface area contributed by atoms with Crippen LogP contribution in [0.2, 0.25) is 0 Å². The monoisotopic (exact) mass is 170 g/mol. The van der Waals surface area contributed by atoms with Gasteiger partial charge in [-0.05, 0) is 18.6 Å². The molecule has 1 aromatic heterocycles. The Morgan fingerprint density at radius 3 is 2.75 bits per heavy atom. The number of rotatable bonds is 0. The molecule has 0 aliphatic rings. The van der Waals surface area contributed by atoms with Crippen LogP contribution in [0.4, 0.5) is 0 Å². The van der Waals surface area contributed by atoms with Crippen molar-refractivity contribution >= 4 is 15.9 Å². The average molecular weight is 171 g/mol. The number of nitrogens with zero attached hydrogens (tertiary/aromatic N) is 1. The van der Waals surface area contributed by atoms with Gasteiger partial charge in [0.2, 0.25) is 0 Å². The molecule has 0 bridgehead atoms. The van der Waals surface area contributed by atoms with Gasteiger partial charge in [-0.2, -0.15) is 0 Å². The highest BCUT2D eigenvalue weighted by molar-refractivity contribution is 9.10. The van der Waals surface area contributed by atoms with Crippen LogP contribution < -0.4 is 0 Å². The van der Waals surface area contributed by atoms with Crippen molar-refractivity contribution in [3.8, 4) is 0 Å². The Hall–Kier alpha value is -0.370. The minimum Gasteiger partial charge on any atom is -0.264 e. The molecule has 0 amide bonds. The van der Waals surface area contributed by atoms with E-state index in [0.717, 1.165) is 10.0 Å². The lowest BCUT2D eigenvalue weighted by Gasteiger charge is -1.90. The van der Waals surface area contributed by atoms with E-state index >= 15 is 0 Å². The third-order valence-electron chi connectivity index (χ3n) is 0.844. The highest BCUT2D eigenvalue weighted by Gasteiger charge is 1.87. The highest BCUT2D eigenvalue weighted by atomic mass is 79.9. The van der Waals surface area contributed by atoms with Gasteiger partial charge in [0.1, 0.15) is 0 Å². The fourth-order valence-corrected chi connectivity index (χ4v) is 0.631. The molecule has 0 N–H and O–H groups in total. The lowest BCUT2D eigenvalue weighted by atomic mass is 10.3. The lowest BCUT2D eigenvalue weighted by Crippen LogP contribution is -1.74. The van der Waals surface area contributed by atoms with Gasteiger partial charge in [-0.15, -0.1) is 0 Å². The molecule has 0 saturated carbocycles. The average Bonchev–Trinajstić information content (AvgIpc) is 1.77. The molecule has 1 nitrogen and oxygen atoms in total. The van der Waals surface area contributed by atoms with E-state index in [1.807, 2.05) is 6.07 Å². The Kier molecular flexibility index (Phi) is 1.63. The summed E-state index contributed by atoms with van der Waals surface area (Å²) in [6.07, 6.45) is 3.43. The summed E-state index contributed by atoms with van der Waals surface area (Å²) in [5.41, 5.74) is 0.924. The Morgan fingerprint density at radius 1 is 1.62 bits per heavy atom. The van der Waals surface area contributed by atoms with Crippen LogP contribution in [-0.4, -0.2) is 4.98 Å². The summed E-state index contributed by atoms with van der Waals surface area (Å²) >= 11 is 3.29. The van der Waals surface area contributed by atoms with E-state index in [1.54, 1.807) is 12.4 Å². The fourth-order valence-electron chi connectivity index (χ4n) is 0.410. The smallest absolute Gasteiger partial charge is 0.0311 e. The Labute approximate surface area is 56.9 Å². The summed E-state index contributed by atoms with van der Waals surface area (Å²) in [5.74, 6) is 0. The van der Waals surface area contributed by atoms with Crippen LogP contribution in [0.5, 0.6) is 0 Å². The van der Waals surface area contributed by atoms with Crippen molar-refractivity contribution in [2.45, 2.75) is 0 Å². The maximum atomic E-state index is 3.85. The molecule has 41 valence electrons. The van der Waals surface area contributed by atoms with Gasteiger partial charge in [0.15, 0.2) is 0 Å². The van der Waals surface area contributed by atoms with E-state index < -0.39 is 0 Å². The molecule has 1 aromatic rings. The van der Waals surface area contributed by atoms with Crippen molar-refractivity contribution in [1.29, 1.82) is 0 Å². The quantitative estimate of drug-likeness (QED) is 0.581. The standard InChI is InChI=1S/C6H5BrN/c1-5-4-8-3-2-6(5)7/h2-4H,1H2. The van der Waals surface area contributed by atoms with E-state index in [0.29, 0.717) is 0 Å². The first-order valence-electron chi connectivity index (χ1n) is 2.22. The van der Waals surface area contributed by atoms with Gasteiger partial charge in [0.05, 0.1) is 0 Å². The molecule has 1 radical (unpaired) electrons.